The Hall–Kier alpha value is -1.76. The first-order valence-electron chi connectivity index (χ1n) is 5.36. The number of aryl methyl sites for hydroxylation is 1. The van der Waals surface area contributed by atoms with Gasteiger partial charge in [0.2, 0.25) is 0 Å². The van der Waals surface area contributed by atoms with Crippen LogP contribution in [0.25, 0.3) is 0 Å². The van der Waals surface area contributed by atoms with Gasteiger partial charge in [0, 0.05) is 17.9 Å². The van der Waals surface area contributed by atoms with Crippen molar-refractivity contribution in [2.24, 2.45) is 0 Å². The first kappa shape index (κ1) is 12.3. The van der Waals surface area contributed by atoms with Gasteiger partial charge in [-0.2, -0.15) is 5.26 Å². The first-order valence-corrected chi connectivity index (χ1v) is 5.36. The summed E-state index contributed by atoms with van der Waals surface area (Å²) in [4.78, 5) is 11.6. The molecule has 1 heterocycles. The van der Waals surface area contributed by atoms with Crippen LogP contribution in [0.2, 0.25) is 0 Å². The summed E-state index contributed by atoms with van der Waals surface area (Å²) < 4.78 is 6.73. The number of ether oxygens (including phenoxy) is 1. The number of methoxy groups -OCH3 is 1. The van der Waals surface area contributed by atoms with E-state index in [9.17, 15) is 4.79 Å². The molecule has 1 rings (SSSR count). The summed E-state index contributed by atoms with van der Waals surface area (Å²) >= 11 is 0. The third-order valence-electron chi connectivity index (χ3n) is 2.62. The minimum Gasteiger partial charge on any atom is -0.465 e. The van der Waals surface area contributed by atoms with Crippen LogP contribution < -0.4 is 0 Å². The van der Waals surface area contributed by atoms with Gasteiger partial charge >= 0.3 is 5.97 Å². The van der Waals surface area contributed by atoms with Gasteiger partial charge in [0.05, 0.1) is 25.2 Å². The van der Waals surface area contributed by atoms with E-state index in [1.165, 1.54) is 7.11 Å². The molecule has 0 aliphatic carbocycles. The largest absolute Gasteiger partial charge is 0.465 e. The average Bonchev–Trinajstić information content (AvgIpc) is 2.66. The highest BCUT2D eigenvalue weighted by atomic mass is 16.5. The van der Waals surface area contributed by atoms with Crippen molar-refractivity contribution >= 4 is 5.97 Å². The SMILES string of the molecule is CCc1cc(C(=O)OC)c(CC#N)n1CC. The van der Waals surface area contributed by atoms with Crippen LogP contribution in [0.1, 0.15) is 35.6 Å². The molecule has 0 fully saturated rings. The van der Waals surface area contributed by atoms with Gasteiger partial charge in [0.1, 0.15) is 0 Å². The lowest BCUT2D eigenvalue weighted by molar-refractivity contribution is 0.0599. The standard InChI is InChI=1S/C12H16N2O2/c1-4-9-8-10(12(15)16-3)11(6-7-13)14(9)5-2/h8H,4-6H2,1-3H3. The molecule has 4 nitrogen and oxygen atoms in total. The number of carbonyl (C=O) groups is 1. The van der Waals surface area contributed by atoms with Crippen LogP contribution in [-0.4, -0.2) is 17.6 Å². The number of aromatic nitrogens is 1. The zero-order valence-electron chi connectivity index (χ0n) is 9.91. The van der Waals surface area contributed by atoms with Crippen LogP contribution in [0.5, 0.6) is 0 Å². The maximum Gasteiger partial charge on any atom is 0.339 e. The number of nitriles is 1. The van der Waals surface area contributed by atoms with E-state index in [-0.39, 0.29) is 12.4 Å². The summed E-state index contributed by atoms with van der Waals surface area (Å²) in [7, 11) is 1.35. The smallest absolute Gasteiger partial charge is 0.339 e. The molecule has 4 heteroatoms. The van der Waals surface area contributed by atoms with Crippen molar-refractivity contribution in [2.75, 3.05) is 7.11 Å². The van der Waals surface area contributed by atoms with Gasteiger partial charge in [0.15, 0.2) is 0 Å². The number of rotatable bonds is 4. The van der Waals surface area contributed by atoms with Crippen molar-refractivity contribution in [3.63, 3.8) is 0 Å². The third-order valence-corrected chi connectivity index (χ3v) is 2.62. The highest BCUT2D eigenvalue weighted by molar-refractivity contribution is 5.91. The van der Waals surface area contributed by atoms with Crippen LogP contribution >= 0.6 is 0 Å². The van der Waals surface area contributed by atoms with Gasteiger partial charge < -0.3 is 9.30 Å². The van der Waals surface area contributed by atoms with Gasteiger partial charge in [0.25, 0.3) is 0 Å². The van der Waals surface area contributed by atoms with Crippen LogP contribution in [-0.2, 0) is 24.1 Å². The topological polar surface area (TPSA) is 55.0 Å². The van der Waals surface area contributed by atoms with Crippen LogP contribution in [0.4, 0.5) is 0 Å². The molecule has 0 atom stereocenters. The highest BCUT2D eigenvalue weighted by Gasteiger charge is 2.18. The van der Waals surface area contributed by atoms with Crippen LogP contribution in [0.15, 0.2) is 6.07 Å². The fourth-order valence-corrected chi connectivity index (χ4v) is 1.89. The molecule has 0 amide bonds. The van der Waals surface area contributed by atoms with E-state index in [4.69, 9.17) is 10.00 Å². The second-order valence-corrected chi connectivity index (χ2v) is 3.42. The van der Waals surface area contributed by atoms with Gasteiger partial charge in [-0.05, 0) is 19.4 Å². The monoisotopic (exact) mass is 220 g/mol. The Balaban J connectivity index is 3.31. The molecule has 0 N–H and O–H groups in total. The van der Waals surface area contributed by atoms with E-state index in [0.717, 1.165) is 24.4 Å². The number of nitrogens with zero attached hydrogens (tertiary/aromatic N) is 2. The molecule has 0 saturated heterocycles. The quantitative estimate of drug-likeness (QED) is 0.728. The zero-order valence-corrected chi connectivity index (χ0v) is 9.91. The molecule has 0 aliphatic rings. The molecule has 86 valence electrons. The van der Waals surface area contributed by atoms with E-state index in [2.05, 4.69) is 6.07 Å². The summed E-state index contributed by atoms with van der Waals surface area (Å²) in [5.41, 5.74) is 2.34. The Kier molecular flexibility index (Phi) is 4.12. The number of hydrogen-bond donors (Lipinski definition) is 0. The molecule has 0 saturated carbocycles. The lowest BCUT2D eigenvalue weighted by atomic mass is 10.2. The number of carbonyl (C=O) groups excluding carboxylic acids is 1. The van der Waals surface area contributed by atoms with Gasteiger partial charge in [-0.3, -0.25) is 0 Å². The summed E-state index contributed by atoms with van der Waals surface area (Å²) in [6.45, 7) is 4.79. The Morgan fingerprint density at radius 2 is 2.25 bits per heavy atom. The predicted octanol–water partition coefficient (Wildman–Crippen LogP) is 1.92. The van der Waals surface area contributed by atoms with E-state index in [0.29, 0.717) is 5.56 Å². The fraction of sp³-hybridized carbons (Fsp3) is 0.500. The Morgan fingerprint density at radius 3 is 2.69 bits per heavy atom. The lowest BCUT2D eigenvalue weighted by Gasteiger charge is -2.08. The van der Waals surface area contributed by atoms with E-state index in [1.54, 1.807) is 0 Å². The summed E-state index contributed by atoms with van der Waals surface area (Å²) in [6.07, 6.45) is 1.07. The minimum absolute atomic E-state index is 0.234. The second kappa shape index (κ2) is 5.36. The zero-order chi connectivity index (χ0) is 12.1. The van der Waals surface area contributed by atoms with Crippen LogP contribution in [0.3, 0.4) is 0 Å². The van der Waals surface area contributed by atoms with Gasteiger partial charge in [-0.15, -0.1) is 0 Å². The van der Waals surface area contributed by atoms with Gasteiger partial charge in [-0.1, -0.05) is 6.92 Å². The van der Waals surface area contributed by atoms with Crippen molar-refractivity contribution in [3.05, 3.63) is 23.0 Å². The Morgan fingerprint density at radius 1 is 1.56 bits per heavy atom. The van der Waals surface area contributed by atoms with Crippen LogP contribution in [0, 0.1) is 11.3 Å². The molecule has 16 heavy (non-hydrogen) atoms. The van der Waals surface area contributed by atoms with Crippen molar-refractivity contribution in [3.8, 4) is 6.07 Å². The summed E-state index contributed by atoms with van der Waals surface area (Å²) in [6, 6.07) is 3.91. The predicted molar refractivity (Wildman–Crippen MR) is 60.1 cm³/mol. The molecular weight excluding hydrogens is 204 g/mol. The first-order chi connectivity index (χ1) is 7.69. The molecule has 0 aliphatic heterocycles. The van der Waals surface area contributed by atoms with E-state index < -0.39 is 0 Å². The molecule has 0 bridgehead atoms. The number of hydrogen-bond acceptors (Lipinski definition) is 3. The lowest BCUT2D eigenvalue weighted by Crippen LogP contribution is -2.08. The fourth-order valence-electron chi connectivity index (χ4n) is 1.89. The van der Waals surface area contributed by atoms with E-state index in [1.807, 2.05) is 24.5 Å². The van der Waals surface area contributed by atoms with Crippen molar-refractivity contribution in [1.82, 2.24) is 4.57 Å². The van der Waals surface area contributed by atoms with Crippen molar-refractivity contribution in [2.45, 2.75) is 33.2 Å². The Bertz CT molecular complexity index is 427. The molecule has 1 aromatic heterocycles. The molecule has 0 unspecified atom stereocenters. The Labute approximate surface area is 95.4 Å². The minimum atomic E-state index is -0.368. The summed E-state index contributed by atoms with van der Waals surface area (Å²) in [5, 5.41) is 8.79. The van der Waals surface area contributed by atoms with E-state index >= 15 is 0 Å². The maximum atomic E-state index is 11.6. The van der Waals surface area contributed by atoms with Crippen molar-refractivity contribution in [1.29, 1.82) is 5.26 Å². The van der Waals surface area contributed by atoms with Gasteiger partial charge in [-0.25, -0.2) is 4.79 Å². The van der Waals surface area contributed by atoms with Crippen molar-refractivity contribution < 1.29 is 9.53 Å². The maximum absolute atomic E-state index is 11.6. The molecule has 0 radical (unpaired) electrons. The number of esters is 1. The average molecular weight is 220 g/mol. The molecule has 1 aromatic rings. The molecule has 0 aromatic carbocycles. The highest BCUT2D eigenvalue weighted by Crippen LogP contribution is 2.18. The molecular formula is C12H16N2O2. The molecule has 0 spiro atoms. The normalized spacial score (nSPS) is 9.88. The summed E-state index contributed by atoms with van der Waals surface area (Å²) in [5.74, 6) is -0.368. The second-order valence-electron chi connectivity index (χ2n) is 3.42. The third kappa shape index (κ3) is 2.08.